The van der Waals surface area contributed by atoms with E-state index in [1.807, 2.05) is 0 Å². The molecule has 1 aliphatic rings. The maximum atomic E-state index is 14.3. The highest BCUT2D eigenvalue weighted by Crippen LogP contribution is 2.39. The van der Waals surface area contributed by atoms with Gasteiger partial charge in [0.1, 0.15) is 24.6 Å². The maximum Gasteiger partial charge on any atom is 0.120 e. The molecule has 1 fully saturated rings. The first-order valence-corrected chi connectivity index (χ1v) is 10.5. The summed E-state index contributed by atoms with van der Waals surface area (Å²) in [7, 11) is 0. The first-order valence-electron chi connectivity index (χ1n) is 10.1. The van der Waals surface area contributed by atoms with E-state index in [1.165, 1.54) is 19.3 Å². The third-order valence-corrected chi connectivity index (χ3v) is 5.52. The number of alkyl halides is 1. The molecule has 0 aromatic heterocycles. The highest BCUT2D eigenvalue weighted by molar-refractivity contribution is 6.30. The Kier molecular flexibility index (Phi) is 9.60. The molecule has 0 unspecified atom stereocenters. The Morgan fingerprint density at radius 3 is 2.81 bits per heavy atom. The van der Waals surface area contributed by atoms with E-state index in [0.29, 0.717) is 10.8 Å². The zero-order valence-electron chi connectivity index (χ0n) is 16.1. The van der Waals surface area contributed by atoms with Crippen molar-refractivity contribution in [2.45, 2.75) is 70.2 Å². The van der Waals surface area contributed by atoms with Gasteiger partial charge < -0.3 is 14.9 Å². The van der Waals surface area contributed by atoms with Crippen LogP contribution >= 0.6 is 11.6 Å². The first kappa shape index (κ1) is 22.2. The lowest BCUT2D eigenvalue weighted by Crippen LogP contribution is -2.21. The highest BCUT2D eigenvalue weighted by atomic mass is 35.5. The summed E-state index contributed by atoms with van der Waals surface area (Å²) in [6.07, 6.45) is 7.59. The van der Waals surface area contributed by atoms with Crippen LogP contribution in [0.3, 0.4) is 0 Å². The largest absolute Gasteiger partial charge is 0.491 e. The Morgan fingerprint density at radius 1 is 1.30 bits per heavy atom. The maximum absolute atomic E-state index is 14.3. The average molecular weight is 399 g/mol. The molecule has 1 aromatic carbocycles. The number of allylic oxidation sites excluding steroid dienone is 1. The molecule has 2 N–H and O–H groups in total. The summed E-state index contributed by atoms with van der Waals surface area (Å²) in [5, 5.41) is 20.9. The van der Waals surface area contributed by atoms with E-state index in [4.69, 9.17) is 16.3 Å². The average Bonchev–Trinajstić information content (AvgIpc) is 2.91. The Morgan fingerprint density at radius 2 is 2.07 bits per heavy atom. The Balaban J connectivity index is 1.82. The van der Waals surface area contributed by atoms with Crippen molar-refractivity contribution in [3.63, 3.8) is 0 Å². The number of halogens is 2. The number of unbranched alkanes of at least 4 members (excludes halogenated alkanes) is 4. The summed E-state index contributed by atoms with van der Waals surface area (Å²) in [5.41, 5.74) is 0. The van der Waals surface area contributed by atoms with Gasteiger partial charge in [-0.05, 0) is 30.5 Å². The quantitative estimate of drug-likeness (QED) is 0.391. The van der Waals surface area contributed by atoms with E-state index >= 15 is 0 Å². The lowest BCUT2D eigenvalue weighted by molar-refractivity contribution is 0.116. The molecule has 3 nitrogen and oxygen atoms in total. The minimum absolute atomic E-state index is 0.0704. The van der Waals surface area contributed by atoms with Gasteiger partial charge >= 0.3 is 0 Å². The summed E-state index contributed by atoms with van der Waals surface area (Å²) in [6, 6.07) is 6.97. The molecule has 5 atom stereocenters. The molecular formula is C22H32ClFO3. The van der Waals surface area contributed by atoms with Crippen molar-refractivity contribution >= 4 is 11.6 Å². The zero-order valence-corrected chi connectivity index (χ0v) is 16.8. The molecule has 0 aliphatic heterocycles. The number of hydrogen-bond acceptors (Lipinski definition) is 3. The first-order chi connectivity index (χ1) is 13.0. The third kappa shape index (κ3) is 7.44. The van der Waals surface area contributed by atoms with Crippen molar-refractivity contribution in [3.05, 3.63) is 41.4 Å². The number of hydrogen-bond donors (Lipinski definition) is 2. The number of aliphatic hydroxyl groups is 2. The number of aliphatic hydroxyl groups excluding tert-OH is 2. The topological polar surface area (TPSA) is 49.7 Å². The van der Waals surface area contributed by atoms with Gasteiger partial charge in [0.25, 0.3) is 0 Å². The highest BCUT2D eigenvalue weighted by Gasteiger charge is 2.40. The van der Waals surface area contributed by atoms with Crippen molar-refractivity contribution in [1.82, 2.24) is 0 Å². The standard InChI is InChI=1S/C22H32ClFO3/c1-2-3-4-5-6-10-20-19(21(24)14-22(20)26)12-11-17(25)15-27-18-9-7-8-16(23)13-18/h7-9,11-13,17,19-22,25-26H,2-6,10,14-15H2,1H3/b12-11+/t17-,19-,20-,21+,22+/m1/s1. The van der Waals surface area contributed by atoms with E-state index < -0.39 is 18.4 Å². The van der Waals surface area contributed by atoms with Crippen LogP contribution in [0, 0.1) is 11.8 Å². The molecule has 0 saturated heterocycles. The fraction of sp³-hybridized carbons (Fsp3) is 0.636. The number of ether oxygens (including phenoxy) is 1. The van der Waals surface area contributed by atoms with E-state index in [1.54, 1.807) is 36.4 Å². The summed E-state index contributed by atoms with van der Waals surface area (Å²) in [4.78, 5) is 0. The van der Waals surface area contributed by atoms with Crippen molar-refractivity contribution in [2.24, 2.45) is 11.8 Å². The molecule has 0 amide bonds. The Labute approximate surface area is 167 Å². The van der Waals surface area contributed by atoms with Gasteiger partial charge in [0.2, 0.25) is 0 Å². The lowest BCUT2D eigenvalue weighted by Gasteiger charge is -2.20. The molecule has 0 radical (unpaired) electrons. The minimum Gasteiger partial charge on any atom is -0.491 e. The molecule has 1 saturated carbocycles. The van der Waals surface area contributed by atoms with Crippen LogP contribution < -0.4 is 4.74 Å². The summed E-state index contributed by atoms with van der Waals surface area (Å²) in [6.45, 7) is 2.25. The molecule has 152 valence electrons. The van der Waals surface area contributed by atoms with Gasteiger partial charge in [0, 0.05) is 17.4 Å². The fourth-order valence-corrected chi connectivity index (χ4v) is 3.95. The van der Waals surface area contributed by atoms with Crippen LogP contribution in [0.2, 0.25) is 5.02 Å². The normalized spacial score (nSPS) is 26.6. The lowest BCUT2D eigenvalue weighted by atomic mass is 9.88. The van der Waals surface area contributed by atoms with Gasteiger partial charge in [-0.25, -0.2) is 4.39 Å². The van der Waals surface area contributed by atoms with Crippen molar-refractivity contribution in [3.8, 4) is 5.75 Å². The van der Waals surface area contributed by atoms with Crippen LogP contribution in [0.1, 0.15) is 51.9 Å². The van der Waals surface area contributed by atoms with Crippen molar-refractivity contribution in [1.29, 1.82) is 0 Å². The van der Waals surface area contributed by atoms with Gasteiger partial charge in [-0.3, -0.25) is 0 Å². The minimum atomic E-state index is -1.06. The molecule has 5 heteroatoms. The summed E-state index contributed by atoms with van der Waals surface area (Å²) >= 11 is 5.90. The van der Waals surface area contributed by atoms with E-state index in [0.717, 1.165) is 19.3 Å². The molecular weight excluding hydrogens is 367 g/mol. The molecule has 0 spiro atoms. The monoisotopic (exact) mass is 398 g/mol. The molecule has 0 bridgehead atoms. The van der Waals surface area contributed by atoms with Gasteiger partial charge in [-0.1, -0.05) is 68.8 Å². The van der Waals surface area contributed by atoms with Crippen LogP contribution in [0.5, 0.6) is 5.75 Å². The number of benzene rings is 1. The molecule has 1 aromatic rings. The Hall–Kier alpha value is -1.10. The summed E-state index contributed by atoms with van der Waals surface area (Å²) < 4.78 is 19.8. The third-order valence-electron chi connectivity index (χ3n) is 5.29. The van der Waals surface area contributed by atoms with Gasteiger partial charge in [-0.15, -0.1) is 0 Å². The van der Waals surface area contributed by atoms with E-state index in [-0.39, 0.29) is 24.9 Å². The van der Waals surface area contributed by atoms with Crippen LogP contribution in [0.15, 0.2) is 36.4 Å². The van der Waals surface area contributed by atoms with Crippen LogP contribution in [-0.4, -0.2) is 35.2 Å². The van der Waals surface area contributed by atoms with E-state index in [2.05, 4.69) is 6.92 Å². The fourth-order valence-electron chi connectivity index (χ4n) is 3.77. The molecule has 1 aliphatic carbocycles. The predicted octanol–water partition coefficient (Wildman–Crippen LogP) is 5.33. The van der Waals surface area contributed by atoms with Crippen LogP contribution in [-0.2, 0) is 0 Å². The van der Waals surface area contributed by atoms with Crippen molar-refractivity contribution in [2.75, 3.05) is 6.61 Å². The van der Waals surface area contributed by atoms with Crippen LogP contribution in [0.25, 0.3) is 0 Å². The second-order valence-corrected chi connectivity index (χ2v) is 7.92. The van der Waals surface area contributed by atoms with Crippen molar-refractivity contribution < 1.29 is 19.3 Å². The molecule has 0 heterocycles. The molecule has 2 rings (SSSR count). The number of rotatable bonds is 11. The van der Waals surface area contributed by atoms with Crippen LogP contribution in [0.4, 0.5) is 4.39 Å². The smallest absolute Gasteiger partial charge is 0.120 e. The van der Waals surface area contributed by atoms with Gasteiger partial charge in [0.05, 0.1) is 6.10 Å². The predicted molar refractivity (Wildman–Crippen MR) is 108 cm³/mol. The summed E-state index contributed by atoms with van der Waals surface area (Å²) in [5.74, 6) is 0.172. The second kappa shape index (κ2) is 11.7. The Bertz CT molecular complexity index is 580. The zero-order chi connectivity index (χ0) is 19.6. The van der Waals surface area contributed by atoms with E-state index in [9.17, 15) is 14.6 Å². The SMILES string of the molecule is CCCCCCC[C@@H]1[C@@H](/C=C/[C@@H](O)COc2cccc(Cl)c2)[C@@H](F)C[C@@H]1O. The molecule has 27 heavy (non-hydrogen) atoms. The second-order valence-electron chi connectivity index (χ2n) is 7.48. The van der Waals surface area contributed by atoms with Gasteiger partial charge in [0.15, 0.2) is 0 Å². The van der Waals surface area contributed by atoms with Gasteiger partial charge in [-0.2, -0.15) is 0 Å².